The van der Waals surface area contributed by atoms with Crippen molar-refractivity contribution in [2.45, 2.75) is 39.0 Å². The van der Waals surface area contributed by atoms with Crippen molar-refractivity contribution in [2.24, 2.45) is 0 Å². The van der Waals surface area contributed by atoms with Crippen molar-refractivity contribution in [3.8, 4) is 0 Å². The van der Waals surface area contributed by atoms with E-state index in [4.69, 9.17) is 10.2 Å². The van der Waals surface area contributed by atoms with Gasteiger partial charge in [0.1, 0.15) is 0 Å². The van der Waals surface area contributed by atoms with E-state index < -0.39 is 18.4 Å². The van der Waals surface area contributed by atoms with Crippen LogP contribution in [0.5, 0.6) is 0 Å². The molecule has 0 rings (SSSR count). The third-order valence-electron chi connectivity index (χ3n) is 1.81. The van der Waals surface area contributed by atoms with Crippen LogP contribution in [-0.4, -0.2) is 22.2 Å². The Morgan fingerprint density at radius 1 is 1.21 bits per heavy atom. The smallest absolute Gasteiger partial charge is 0.331 e. The first-order valence-corrected chi connectivity index (χ1v) is 4.72. The fraction of sp³-hybridized carbons (Fsp3) is 0.600. The van der Waals surface area contributed by atoms with Crippen LogP contribution >= 0.6 is 0 Å². The highest BCUT2D eigenvalue weighted by molar-refractivity contribution is 5.91. The summed E-state index contributed by atoms with van der Waals surface area (Å²) < 4.78 is 0. The fourth-order valence-electron chi connectivity index (χ4n) is 1.07. The van der Waals surface area contributed by atoms with E-state index >= 15 is 0 Å². The molecule has 4 heteroatoms. The molecule has 80 valence electrons. The number of carbonyl (C=O) groups is 2. The molecule has 0 bridgehead atoms. The van der Waals surface area contributed by atoms with Crippen molar-refractivity contribution in [3.05, 3.63) is 11.6 Å². The second-order valence-corrected chi connectivity index (χ2v) is 3.10. The lowest BCUT2D eigenvalue weighted by atomic mass is 10.1. The maximum atomic E-state index is 10.6. The van der Waals surface area contributed by atoms with Gasteiger partial charge in [0.2, 0.25) is 0 Å². The third-order valence-corrected chi connectivity index (χ3v) is 1.81. The SMILES string of the molecule is CCCCCC=C(CC(=O)O)C(=O)O. The Balaban J connectivity index is 4.06. The third kappa shape index (κ3) is 6.22. The zero-order chi connectivity index (χ0) is 11.0. The fourth-order valence-corrected chi connectivity index (χ4v) is 1.07. The summed E-state index contributed by atoms with van der Waals surface area (Å²) >= 11 is 0. The van der Waals surface area contributed by atoms with Crippen molar-refractivity contribution in [1.82, 2.24) is 0 Å². The predicted octanol–water partition coefficient (Wildman–Crippen LogP) is 2.05. The number of aliphatic carboxylic acids is 2. The van der Waals surface area contributed by atoms with Crippen molar-refractivity contribution in [2.75, 3.05) is 0 Å². The molecule has 0 unspecified atom stereocenters. The van der Waals surface area contributed by atoms with E-state index in [9.17, 15) is 9.59 Å². The highest BCUT2D eigenvalue weighted by atomic mass is 16.4. The number of carboxylic acids is 2. The van der Waals surface area contributed by atoms with Gasteiger partial charge in [-0.3, -0.25) is 4.79 Å². The lowest BCUT2D eigenvalue weighted by molar-refractivity contribution is -0.139. The minimum Gasteiger partial charge on any atom is -0.481 e. The lowest BCUT2D eigenvalue weighted by Gasteiger charge is -1.98. The molecule has 0 aromatic rings. The van der Waals surface area contributed by atoms with Crippen LogP contribution in [0.2, 0.25) is 0 Å². The summed E-state index contributed by atoms with van der Waals surface area (Å²) in [6.45, 7) is 2.05. The van der Waals surface area contributed by atoms with Crippen LogP contribution in [0.15, 0.2) is 11.6 Å². The number of hydrogen-bond donors (Lipinski definition) is 2. The van der Waals surface area contributed by atoms with Gasteiger partial charge in [0.15, 0.2) is 0 Å². The van der Waals surface area contributed by atoms with Crippen LogP contribution in [0.1, 0.15) is 39.0 Å². The molecule has 0 saturated carbocycles. The molecule has 14 heavy (non-hydrogen) atoms. The van der Waals surface area contributed by atoms with Gasteiger partial charge in [0.05, 0.1) is 6.42 Å². The molecule has 0 fully saturated rings. The first-order valence-electron chi connectivity index (χ1n) is 4.72. The van der Waals surface area contributed by atoms with Crippen molar-refractivity contribution < 1.29 is 19.8 Å². The van der Waals surface area contributed by atoms with Gasteiger partial charge >= 0.3 is 11.9 Å². The standard InChI is InChI=1S/C10H16O4/c1-2-3-4-5-6-8(10(13)14)7-9(11)12/h6H,2-5,7H2,1H3,(H,11,12)(H,13,14). The largest absolute Gasteiger partial charge is 0.481 e. The molecule has 0 heterocycles. The summed E-state index contributed by atoms with van der Waals surface area (Å²) in [5, 5.41) is 17.1. The molecule has 0 amide bonds. The molecule has 0 atom stereocenters. The minimum absolute atomic E-state index is 0.0198. The molecule has 0 aliphatic heterocycles. The van der Waals surface area contributed by atoms with Gasteiger partial charge in [-0.2, -0.15) is 0 Å². The number of unbranched alkanes of at least 4 members (excludes halogenated alkanes) is 3. The first-order chi connectivity index (χ1) is 6.57. The second-order valence-electron chi connectivity index (χ2n) is 3.10. The molecular formula is C10H16O4. The van der Waals surface area contributed by atoms with E-state index in [1.807, 2.05) is 0 Å². The average molecular weight is 200 g/mol. The maximum absolute atomic E-state index is 10.6. The van der Waals surface area contributed by atoms with Gasteiger partial charge < -0.3 is 10.2 Å². The van der Waals surface area contributed by atoms with E-state index in [1.165, 1.54) is 6.08 Å². The molecule has 2 N–H and O–H groups in total. The highest BCUT2D eigenvalue weighted by Gasteiger charge is 2.10. The summed E-state index contributed by atoms with van der Waals surface area (Å²) in [6.07, 6.45) is 4.76. The quantitative estimate of drug-likeness (QED) is 0.487. The maximum Gasteiger partial charge on any atom is 0.331 e. The van der Waals surface area contributed by atoms with Gasteiger partial charge in [-0.1, -0.05) is 25.8 Å². The topological polar surface area (TPSA) is 74.6 Å². The first kappa shape index (κ1) is 12.7. The van der Waals surface area contributed by atoms with Gasteiger partial charge in [-0.25, -0.2) is 4.79 Å². The van der Waals surface area contributed by atoms with Crippen molar-refractivity contribution in [1.29, 1.82) is 0 Å². The normalized spacial score (nSPS) is 11.4. The minimum atomic E-state index is -1.14. The molecule has 0 aromatic heterocycles. The van der Waals surface area contributed by atoms with Crippen LogP contribution in [0.3, 0.4) is 0 Å². The summed E-state index contributed by atoms with van der Waals surface area (Å²) in [4.78, 5) is 20.9. The van der Waals surface area contributed by atoms with Gasteiger partial charge in [-0.15, -0.1) is 0 Å². The Labute approximate surface area is 83.2 Å². The Kier molecular flexibility index (Phi) is 6.45. The Morgan fingerprint density at radius 2 is 1.86 bits per heavy atom. The van der Waals surface area contributed by atoms with Crippen LogP contribution < -0.4 is 0 Å². The van der Waals surface area contributed by atoms with Crippen molar-refractivity contribution in [3.63, 3.8) is 0 Å². The van der Waals surface area contributed by atoms with Crippen LogP contribution in [0.4, 0.5) is 0 Å². The lowest BCUT2D eigenvalue weighted by Crippen LogP contribution is -2.06. The van der Waals surface area contributed by atoms with Crippen LogP contribution in [0.25, 0.3) is 0 Å². The summed E-state index contributed by atoms with van der Waals surface area (Å²) in [5.74, 6) is -2.24. The van der Waals surface area contributed by atoms with E-state index in [0.717, 1.165) is 19.3 Å². The number of allylic oxidation sites excluding steroid dienone is 1. The summed E-state index contributed by atoms with van der Waals surface area (Å²) in [6, 6.07) is 0. The summed E-state index contributed by atoms with van der Waals surface area (Å²) in [5.41, 5.74) is -0.0198. The zero-order valence-corrected chi connectivity index (χ0v) is 8.32. The molecular weight excluding hydrogens is 184 g/mol. The molecule has 0 spiro atoms. The van der Waals surface area contributed by atoms with Crippen LogP contribution in [-0.2, 0) is 9.59 Å². The molecule has 4 nitrogen and oxygen atoms in total. The Hall–Kier alpha value is -1.32. The van der Waals surface area contributed by atoms with E-state index in [0.29, 0.717) is 6.42 Å². The van der Waals surface area contributed by atoms with E-state index in [2.05, 4.69) is 6.92 Å². The van der Waals surface area contributed by atoms with Gasteiger partial charge in [0, 0.05) is 5.57 Å². The molecule has 0 aliphatic rings. The predicted molar refractivity (Wildman–Crippen MR) is 52.1 cm³/mol. The highest BCUT2D eigenvalue weighted by Crippen LogP contribution is 2.07. The zero-order valence-electron chi connectivity index (χ0n) is 8.32. The Morgan fingerprint density at radius 3 is 2.29 bits per heavy atom. The number of hydrogen-bond acceptors (Lipinski definition) is 2. The van der Waals surface area contributed by atoms with Crippen LogP contribution in [0, 0.1) is 0 Å². The van der Waals surface area contributed by atoms with E-state index in [1.54, 1.807) is 0 Å². The molecule has 0 saturated heterocycles. The molecule has 0 aliphatic carbocycles. The second kappa shape index (κ2) is 7.12. The number of carboxylic acid groups (broad SMARTS) is 2. The number of rotatable bonds is 7. The Bertz CT molecular complexity index is 230. The van der Waals surface area contributed by atoms with Crippen molar-refractivity contribution >= 4 is 11.9 Å². The van der Waals surface area contributed by atoms with E-state index in [-0.39, 0.29) is 5.57 Å². The average Bonchev–Trinajstić information content (AvgIpc) is 2.09. The van der Waals surface area contributed by atoms with Gasteiger partial charge in [-0.05, 0) is 12.8 Å². The summed E-state index contributed by atoms with van der Waals surface area (Å²) in [7, 11) is 0. The van der Waals surface area contributed by atoms with Gasteiger partial charge in [0.25, 0.3) is 0 Å². The molecule has 0 aromatic carbocycles. The molecule has 0 radical (unpaired) electrons. The monoisotopic (exact) mass is 200 g/mol.